The summed E-state index contributed by atoms with van der Waals surface area (Å²) >= 11 is 0. The Morgan fingerprint density at radius 3 is 2.55 bits per heavy atom. The van der Waals surface area contributed by atoms with Crippen LogP contribution in [0.1, 0.15) is 19.4 Å². The molecule has 0 saturated carbocycles. The first-order valence-electron chi connectivity index (χ1n) is 6.32. The van der Waals surface area contributed by atoms with E-state index in [2.05, 4.69) is 4.72 Å². The average molecular weight is 304 g/mol. The van der Waals surface area contributed by atoms with Gasteiger partial charge in [-0.2, -0.15) is 0 Å². The van der Waals surface area contributed by atoms with Crippen molar-refractivity contribution in [2.45, 2.75) is 31.3 Å². The summed E-state index contributed by atoms with van der Waals surface area (Å²) in [5.74, 6) is -0.581. The lowest BCUT2D eigenvalue weighted by atomic mass is 10.1. The van der Waals surface area contributed by atoms with E-state index in [1.807, 2.05) is 13.8 Å². The number of methoxy groups -OCH3 is 1. The van der Waals surface area contributed by atoms with Gasteiger partial charge in [0, 0.05) is 25.3 Å². The second-order valence-electron chi connectivity index (χ2n) is 4.85. The highest BCUT2D eigenvalue weighted by Crippen LogP contribution is 2.19. The van der Waals surface area contributed by atoms with Crippen molar-refractivity contribution in [2.24, 2.45) is 11.7 Å². The van der Waals surface area contributed by atoms with E-state index in [0.29, 0.717) is 0 Å². The first-order valence-corrected chi connectivity index (χ1v) is 7.80. The molecule has 0 bridgehead atoms. The molecule has 3 N–H and O–H groups in total. The molecule has 0 aliphatic heterocycles. The molecule has 0 aliphatic rings. The van der Waals surface area contributed by atoms with Crippen molar-refractivity contribution in [3.8, 4) is 0 Å². The third kappa shape index (κ3) is 3.99. The Hall–Kier alpha value is -1.02. The molecule has 0 saturated heterocycles. The van der Waals surface area contributed by atoms with Gasteiger partial charge in [-0.05, 0) is 18.1 Å². The van der Waals surface area contributed by atoms with Crippen LogP contribution >= 0.6 is 0 Å². The van der Waals surface area contributed by atoms with E-state index in [-0.39, 0.29) is 35.6 Å². The number of rotatable bonds is 7. The van der Waals surface area contributed by atoms with Crippen molar-refractivity contribution < 1.29 is 17.5 Å². The fourth-order valence-corrected chi connectivity index (χ4v) is 3.42. The largest absolute Gasteiger partial charge is 0.383 e. The van der Waals surface area contributed by atoms with Crippen molar-refractivity contribution in [1.29, 1.82) is 0 Å². The molecule has 1 aromatic carbocycles. The molecule has 7 heteroatoms. The number of benzene rings is 1. The van der Waals surface area contributed by atoms with E-state index >= 15 is 0 Å². The second kappa shape index (κ2) is 7.12. The summed E-state index contributed by atoms with van der Waals surface area (Å²) in [6.07, 6.45) is 0. The van der Waals surface area contributed by atoms with E-state index in [0.717, 1.165) is 0 Å². The Labute approximate surface area is 119 Å². The van der Waals surface area contributed by atoms with Crippen molar-refractivity contribution in [3.63, 3.8) is 0 Å². The number of nitrogens with two attached hydrogens (primary N) is 1. The molecule has 20 heavy (non-hydrogen) atoms. The van der Waals surface area contributed by atoms with Crippen molar-refractivity contribution >= 4 is 10.0 Å². The fraction of sp³-hybridized carbons (Fsp3) is 0.538. The van der Waals surface area contributed by atoms with Crippen LogP contribution < -0.4 is 10.5 Å². The maximum atomic E-state index is 13.6. The van der Waals surface area contributed by atoms with Crippen molar-refractivity contribution in [1.82, 2.24) is 4.72 Å². The third-order valence-corrected chi connectivity index (χ3v) is 4.60. The molecule has 0 heterocycles. The minimum absolute atomic E-state index is 0.0140. The van der Waals surface area contributed by atoms with Crippen LogP contribution in [0.15, 0.2) is 23.1 Å². The van der Waals surface area contributed by atoms with Crippen LogP contribution in [-0.4, -0.2) is 28.2 Å². The molecule has 0 radical (unpaired) electrons. The van der Waals surface area contributed by atoms with E-state index < -0.39 is 15.8 Å². The summed E-state index contributed by atoms with van der Waals surface area (Å²) in [6.45, 7) is 3.81. The van der Waals surface area contributed by atoms with Crippen LogP contribution in [-0.2, 0) is 21.3 Å². The molecule has 0 fully saturated rings. The van der Waals surface area contributed by atoms with Crippen LogP contribution in [0.2, 0.25) is 0 Å². The first-order chi connectivity index (χ1) is 9.33. The van der Waals surface area contributed by atoms with Gasteiger partial charge in [0.05, 0.1) is 11.5 Å². The van der Waals surface area contributed by atoms with Crippen LogP contribution in [0.4, 0.5) is 4.39 Å². The van der Waals surface area contributed by atoms with Gasteiger partial charge in [-0.15, -0.1) is 0 Å². The highest BCUT2D eigenvalue weighted by atomic mass is 32.2. The highest BCUT2D eigenvalue weighted by molar-refractivity contribution is 7.89. The molecular weight excluding hydrogens is 283 g/mol. The van der Waals surface area contributed by atoms with Gasteiger partial charge >= 0.3 is 0 Å². The summed E-state index contributed by atoms with van der Waals surface area (Å²) in [5.41, 5.74) is 5.43. The molecule has 0 aliphatic carbocycles. The third-order valence-electron chi connectivity index (χ3n) is 3.03. The normalized spacial score (nSPS) is 13.7. The molecule has 0 spiro atoms. The number of sulfonamides is 1. The lowest BCUT2D eigenvalue weighted by molar-refractivity contribution is 0.157. The maximum absolute atomic E-state index is 13.6. The molecule has 1 aromatic rings. The predicted molar refractivity (Wildman–Crippen MR) is 75.1 cm³/mol. The van der Waals surface area contributed by atoms with Gasteiger partial charge in [-0.3, -0.25) is 0 Å². The SMILES string of the molecule is COCC(NS(=O)(=O)c1cccc(F)c1CN)C(C)C. The lowest BCUT2D eigenvalue weighted by Crippen LogP contribution is -2.42. The van der Waals surface area contributed by atoms with E-state index in [1.165, 1.54) is 25.3 Å². The number of nitrogens with one attached hydrogen (secondary N) is 1. The van der Waals surface area contributed by atoms with Crippen LogP contribution in [0.25, 0.3) is 0 Å². The molecule has 0 amide bonds. The van der Waals surface area contributed by atoms with Gasteiger partial charge in [0.1, 0.15) is 5.82 Å². The van der Waals surface area contributed by atoms with Gasteiger partial charge in [-0.25, -0.2) is 17.5 Å². The van der Waals surface area contributed by atoms with Crippen LogP contribution in [0.5, 0.6) is 0 Å². The Balaban J connectivity index is 3.14. The smallest absolute Gasteiger partial charge is 0.241 e. The van der Waals surface area contributed by atoms with Gasteiger partial charge in [-0.1, -0.05) is 19.9 Å². The van der Waals surface area contributed by atoms with Crippen molar-refractivity contribution in [2.75, 3.05) is 13.7 Å². The number of hydrogen-bond acceptors (Lipinski definition) is 4. The molecule has 114 valence electrons. The van der Waals surface area contributed by atoms with E-state index in [4.69, 9.17) is 10.5 Å². The summed E-state index contributed by atoms with van der Waals surface area (Å²) < 4.78 is 45.9. The Bertz CT molecular complexity index is 547. The lowest BCUT2D eigenvalue weighted by Gasteiger charge is -2.22. The van der Waals surface area contributed by atoms with Gasteiger partial charge in [0.15, 0.2) is 0 Å². The standard InChI is InChI=1S/C13H21FN2O3S/c1-9(2)12(8-19-3)16-20(17,18)13-6-4-5-11(14)10(13)7-15/h4-6,9,12,16H,7-8,15H2,1-3H3. The Kier molecular flexibility index (Phi) is 6.07. The highest BCUT2D eigenvalue weighted by Gasteiger charge is 2.25. The summed E-state index contributed by atoms with van der Waals surface area (Å²) in [4.78, 5) is -0.123. The topological polar surface area (TPSA) is 81.4 Å². The number of hydrogen-bond donors (Lipinski definition) is 2. The number of ether oxygens (including phenoxy) is 1. The minimum Gasteiger partial charge on any atom is -0.383 e. The second-order valence-corrected chi connectivity index (χ2v) is 6.53. The van der Waals surface area contributed by atoms with E-state index in [1.54, 1.807) is 0 Å². The Morgan fingerprint density at radius 2 is 2.05 bits per heavy atom. The van der Waals surface area contributed by atoms with Crippen molar-refractivity contribution in [3.05, 3.63) is 29.6 Å². The quantitative estimate of drug-likeness (QED) is 0.794. The first kappa shape index (κ1) is 17.0. The molecular formula is C13H21FN2O3S. The van der Waals surface area contributed by atoms with Crippen LogP contribution in [0, 0.1) is 11.7 Å². The monoisotopic (exact) mass is 304 g/mol. The van der Waals surface area contributed by atoms with Crippen LogP contribution in [0.3, 0.4) is 0 Å². The summed E-state index contributed by atoms with van der Waals surface area (Å²) in [5, 5.41) is 0. The van der Waals surface area contributed by atoms with Gasteiger partial charge in [0.25, 0.3) is 0 Å². The zero-order valence-corrected chi connectivity index (χ0v) is 12.7. The number of halogens is 1. The average Bonchev–Trinajstić information content (AvgIpc) is 2.37. The molecule has 5 nitrogen and oxygen atoms in total. The molecule has 1 atom stereocenters. The van der Waals surface area contributed by atoms with E-state index in [9.17, 15) is 12.8 Å². The predicted octanol–water partition coefficient (Wildman–Crippen LogP) is 1.23. The zero-order chi connectivity index (χ0) is 15.3. The fourth-order valence-electron chi connectivity index (χ4n) is 1.79. The van der Waals surface area contributed by atoms with Gasteiger partial charge in [0.2, 0.25) is 10.0 Å². The minimum atomic E-state index is -3.84. The van der Waals surface area contributed by atoms with Gasteiger partial charge < -0.3 is 10.5 Å². The molecule has 1 unspecified atom stereocenters. The molecule has 0 aromatic heterocycles. The zero-order valence-electron chi connectivity index (χ0n) is 11.9. The molecule has 1 rings (SSSR count). The maximum Gasteiger partial charge on any atom is 0.241 e. The summed E-state index contributed by atoms with van der Waals surface area (Å²) in [6, 6.07) is 3.50. The summed E-state index contributed by atoms with van der Waals surface area (Å²) in [7, 11) is -2.34. The Morgan fingerprint density at radius 1 is 1.40 bits per heavy atom.